The molecule has 0 radical (unpaired) electrons. The quantitative estimate of drug-likeness (QED) is 0.0469. The first-order valence-corrected chi connectivity index (χ1v) is 16.7. The standard InChI is InChI=1S/C36H62O2/c1-2-3-4-5-6-7-8-9-10-11-12-13-14-15-16-17-18-19-20-21-22-23-24-25-26-27-31-34-36(37)38-35-32-29-28-30-33-35/h27-33H,2-26,34H2,1H3. The largest absolute Gasteiger partial charge is 0.426 e. The fourth-order valence-electron chi connectivity index (χ4n) is 5.18. The molecule has 0 saturated carbocycles. The number of rotatable bonds is 28. The van der Waals surface area contributed by atoms with Crippen LogP contribution in [0.5, 0.6) is 5.75 Å². The zero-order valence-electron chi connectivity index (χ0n) is 25.2. The number of benzene rings is 1. The molecule has 0 amide bonds. The van der Waals surface area contributed by atoms with Gasteiger partial charge in [-0.25, -0.2) is 0 Å². The van der Waals surface area contributed by atoms with Gasteiger partial charge in [-0.2, -0.15) is 0 Å². The highest BCUT2D eigenvalue weighted by atomic mass is 16.5. The number of carbonyl (C=O) groups excluding carboxylic acids is 1. The maximum Gasteiger partial charge on any atom is 0.315 e. The summed E-state index contributed by atoms with van der Waals surface area (Å²) in [6.07, 6.45) is 39.8. The first-order valence-electron chi connectivity index (χ1n) is 16.7. The highest BCUT2D eigenvalue weighted by molar-refractivity contribution is 5.73. The van der Waals surface area contributed by atoms with Gasteiger partial charge in [0.15, 0.2) is 0 Å². The van der Waals surface area contributed by atoms with Crippen LogP contribution in [0.3, 0.4) is 0 Å². The van der Waals surface area contributed by atoms with Gasteiger partial charge in [0.25, 0.3) is 0 Å². The fourth-order valence-corrected chi connectivity index (χ4v) is 5.18. The maximum absolute atomic E-state index is 11.8. The Kier molecular flexibility index (Phi) is 25.8. The number of esters is 1. The van der Waals surface area contributed by atoms with Crippen molar-refractivity contribution in [1.29, 1.82) is 0 Å². The minimum atomic E-state index is -0.188. The average Bonchev–Trinajstić information content (AvgIpc) is 2.93. The van der Waals surface area contributed by atoms with Gasteiger partial charge in [0, 0.05) is 0 Å². The van der Waals surface area contributed by atoms with E-state index in [1.807, 2.05) is 36.4 Å². The Balaban J connectivity index is 1.69. The van der Waals surface area contributed by atoms with Crippen molar-refractivity contribution in [3.8, 4) is 5.75 Å². The molecule has 0 aliphatic heterocycles. The highest BCUT2D eigenvalue weighted by Gasteiger charge is 2.01. The third-order valence-electron chi connectivity index (χ3n) is 7.65. The normalized spacial score (nSPS) is 11.4. The zero-order chi connectivity index (χ0) is 27.2. The molecule has 0 aliphatic rings. The Labute approximate surface area is 237 Å². The van der Waals surface area contributed by atoms with Crippen LogP contribution in [0.15, 0.2) is 42.5 Å². The molecule has 0 heterocycles. The van der Waals surface area contributed by atoms with Gasteiger partial charge in [-0.1, -0.05) is 185 Å². The van der Waals surface area contributed by atoms with Gasteiger partial charge < -0.3 is 4.74 Å². The van der Waals surface area contributed by atoms with Crippen molar-refractivity contribution < 1.29 is 9.53 Å². The van der Waals surface area contributed by atoms with Gasteiger partial charge in [-0.3, -0.25) is 4.79 Å². The molecule has 0 unspecified atom stereocenters. The van der Waals surface area contributed by atoms with E-state index in [1.165, 1.54) is 154 Å². The molecule has 0 saturated heterocycles. The van der Waals surface area contributed by atoms with Crippen LogP contribution in [0.4, 0.5) is 0 Å². The van der Waals surface area contributed by atoms with E-state index in [2.05, 4.69) is 13.0 Å². The fraction of sp³-hybridized carbons (Fsp3) is 0.750. The molecule has 0 aliphatic carbocycles. The summed E-state index contributed by atoms with van der Waals surface area (Å²) in [4.78, 5) is 11.8. The number of allylic oxidation sites excluding steroid dienone is 1. The third-order valence-corrected chi connectivity index (χ3v) is 7.65. The predicted octanol–water partition coefficient (Wildman–Crippen LogP) is 12.3. The number of carbonyl (C=O) groups is 1. The lowest BCUT2D eigenvalue weighted by molar-refractivity contribution is -0.133. The van der Waals surface area contributed by atoms with E-state index in [1.54, 1.807) is 0 Å². The summed E-state index contributed by atoms with van der Waals surface area (Å²) in [6.45, 7) is 2.30. The van der Waals surface area contributed by atoms with Gasteiger partial charge in [0.2, 0.25) is 0 Å². The molecule has 38 heavy (non-hydrogen) atoms. The molecule has 0 fully saturated rings. The van der Waals surface area contributed by atoms with Gasteiger partial charge >= 0.3 is 5.97 Å². The Morgan fingerprint density at radius 3 is 1.29 bits per heavy atom. The van der Waals surface area contributed by atoms with Crippen LogP contribution < -0.4 is 4.74 Å². The van der Waals surface area contributed by atoms with Crippen LogP contribution in [0.25, 0.3) is 0 Å². The minimum absolute atomic E-state index is 0.188. The lowest BCUT2D eigenvalue weighted by atomic mass is 10.0. The van der Waals surface area contributed by atoms with E-state index in [4.69, 9.17) is 4.74 Å². The van der Waals surface area contributed by atoms with Gasteiger partial charge in [0.05, 0.1) is 6.42 Å². The van der Waals surface area contributed by atoms with E-state index < -0.39 is 0 Å². The molecule has 0 aromatic heterocycles. The van der Waals surface area contributed by atoms with Crippen molar-refractivity contribution in [2.45, 2.75) is 174 Å². The first kappa shape index (κ1) is 34.5. The van der Waals surface area contributed by atoms with Crippen molar-refractivity contribution >= 4 is 5.97 Å². The van der Waals surface area contributed by atoms with Crippen molar-refractivity contribution in [2.24, 2.45) is 0 Å². The second kappa shape index (κ2) is 28.4. The van der Waals surface area contributed by atoms with Gasteiger partial charge in [-0.15, -0.1) is 0 Å². The Morgan fingerprint density at radius 1 is 0.526 bits per heavy atom. The summed E-state index contributed by atoms with van der Waals surface area (Å²) in [5, 5.41) is 0. The van der Waals surface area contributed by atoms with E-state index in [0.717, 1.165) is 6.42 Å². The predicted molar refractivity (Wildman–Crippen MR) is 167 cm³/mol. The van der Waals surface area contributed by atoms with Crippen LogP contribution >= 0.6 is 0 Å². The number of para-hydroxylation sites is 1. The number of ether oxygens (including phenoxy) is 1. The molecule has 0 bridgehead atoms. The molecule has 218 valence electrons. The van der Waals surface area contributed by atoms with E-state index >= 15 is 0 Å². The average molecular weight is 527 g/mol. The second-order valence-corrected chi connectivity index (χ2v) is 11.4. The Hall–Kier alpha value is -1.57. The van der Waals surface area contributed by atoms with Crippen LogP contribution in [0.1, 0.15) is 174 Å². The summed E-state index contributed by atoms with van der Waals surface area (Å²) in [5.41, 5.74) is 0. The summed E-state index contributed by atoms with van der Waals surface area (Å²) in [5.74, 6) is 0.433. The molecule has 0 atom stereocenters. The van der Waals surface area contributed by atoms with Crippen molar-refractivity contribution in [2.75, 3.05) is 0 Å². The molecular formula is C36H62O2. The lowest BCUT2D eigenvalue weighted by Gasteiger charge is -2.04. The molecular weight excluding hydrogens is 464 g/mol. The van der Waals surface area contributed by atoms with E-state index in [-0.39, 0.29) is 5.97 Å². The third kappa shape index (κ3) is 24.7. The molecule has 1 aromatic rings. The van der Waals surface area contributed by atoms with Crippen molar-refractivity contribution in [3.05, 3.63) is 42.5 Å². The second-order valence-electron chi connectivity index (χ2n) is 11.4. The van der Waals surface area contributed by atoms with Crippen molar-refractivity contribution in [3.63, 3.8) is 0 Å². The summed E-state index contributed by atoms with van der Waals surface area (Å²) >= 11 is 0. The van der Waals surface area contributed by atoms with E-state index in [9.17, 15) is 4.79 Å². The lowest BCUT2D eigenvalue weighted by Crippen LogP contribution is -2.05. The summed E-state index contributed by atoms with van der Waals surface area (Å²) in [6, 6.07) is 9.28. The molecule has 1 rings (SSSR count). The number of unbranched alkanes of at least 4 members (excludes halogenated alkanes) is 24. The van der Waals surface area contributed by atoms with E-state index in [0.29, 0.717) is 12.2 Å². The van der Waals surface area contributed by atoms with Crippen molar-refractivity contribution in [1.82, 2.24) is 0 Å². The molecule has 2 heteroatoms. The highest BCUT2D eigenvalue weighted by Crippen LogP contribution is 2.16. The first-order chi connectivity index (χ1) is 18.8. The number of hydrogen-bond donors (Lipinski definition) is 0. The summed E-state index contributed by atoms with van der Waals surface area (Å²) in [7, 11) is 0. The van der Waals surface area contributed by atoms with Crippen LogP contribution in [0.2, 0.25) is 0 Å². The molecule has 2 nitrogen and oxygen atoms in total. The summed E-state index contributed by atoms with van der Waals surface area (Å²) < 4.78 is 5.28. The molecule has 0 spiro atoms. The molecule has 1 aromatic carbocycles. The van der Waals surface area contributed by atoms with Crippen LogP contribution in [-0.4, -0.2) is 5.97 Å². The van der Waals surface area contributed by atoms with Crippen LogP contribution in [0, 0.1) is 0 Å². The maximum atomic E-state index is 11.8. The monoisotopic (exact) mass is 526 g/mol. The van der Waals surface area contributed by atoms with Crippen LogP contribution in [-0.2, 0) is 4.79 Å². The SMILES string of the molecule is CCCCCCCCCCCCCCCCCCCCCCCCCCC=CCC(=O)Oc1ccccc1. The smallest absolute Gasteiger partial charge is 0.315 e. The topological polar surface area (TPSA) is 26.3 Å². The Morgan fingerprint density at radius 2 is 0.895 bits per heavy atom. The Bertz CT molecular complexity index is 636. The van der Waals surface area contributed by atoms with Gasteiger partial charge in [-0.05, 0) is 25.0 Å². The van der Waals surface area contributed by atoms with Gasteiger partial charge in [0.1, 0.15) is 5.75 Å². The number of hydrogen-bond acceptors (Lipinski definition) is 2. The molecule has 0 N–H and O–H groups in total. The zero-order valence-corrected chi connectivity index (χ0v) is 25.2. The minimum Gasteiger partial charge on any atom is -0.426 e.